The third-order valence-electron chi connectivity index (χ3n) is 4.07. The zero-order chi connectivity index (χ0) is 15.2. The van der Waals surface area contributed by atoms with Gasteiger partial charge in [0.25, 0.3) is 0 Å². The maximum Gasteiger partial charge on any atom is 0.317 e. The van der Waals surface area contributed by atoms with Gasteiger partial charge in [0.1, 0.15) is 0 Å². The first-order valence-electron chi connectivity index (χ1n) is 7.64. The SMILES string of the molecule is O=C(NCCc1cccnc1)N1CCC(c2ccncc2)C1. The fourth-order valence-corrected chi connectivity index (χ4v) is 2.82. The number of hydrogen-bond acceptors (Lipinski definition) is 3. The van der Waals surface area contributed by atoms with Crippen LogP contribution < -0.4 is 5.32 Å². The summed E-state index contributed by atoms with van der Waals surface area (Å²) in [6.45, 7) is 2.23. The summed E-state index contributed by atoms with van der Waals surface area (Å²) in [4.78, 5) is 22.2. The quantitative estimate of drug-likeness (QED) is 0.941. The van der Waals surface area contributed by atoms with E-state index in [0.29, 0.717) is 12.5 Å². The lowest BCUT2D eigenvalue weighted by molar-refractivity contribution is 0.208. The largest absolute Gasteiger partial charge is 0.338 e. The van der Waals surface area contributed by atoms with Crippen LogP contribution in [0.25, 0.3) is 0 Å². The van der Waals surface area contributed by atoms with E-state index in [0.717, 1.165) is 31.5 Å². The van der Waals surface area contributed by atoms with Gasteiger partial charge in [-0.25, -0.2) is 4.79 Å². The third-order valence-corrected chi connectivity index (χ3v) is 4.07. The summed E-state index contributed by atoms with van der Waals surface area (Å²) >= 11 is 0. The maximum atomic E-state index is 12.2. The van der Waals surface area contributed by atoms with E-state index < -0.39 is 0 Å². The lowest BCUT2D eigenvalue weighted by Gasteiger charge is -2.17. The van der Waals surface area contributed by atoms with Crippen LogP contribution in [0.2, 0.25) is 0 Å². The minimum absolute atomic E-state index is 0.0282. The summed E-state index contributed by atoms with van der Waals surface area (Å²) in [5.41, 5.74) is 2.40. The smallest absolute Gasteiger partial charge is 0.317 e. The first-order chi connectivity index (χ1) is 10.8. The number of carbonyl (C=O) groups excluding carboxylic acids is 1. The molecule has 2 aromatic rings. The van der Waals surface area contributed by atoms with Crippen molar-refractivity contribution < 1.29 is 4.79 Å². The Bertz CT molecular complexity index is 603. The summed E-state index contributed by atoms with van der Waals surface area (Å²) < 4.78 is 0. The van der Waals surface area contributed by atoms with Gasteiger partial charge in [-0.1, -0.05) is 6.07 Å². The minimum Gasteiger partial charge on any atom is -0.338 e. The Morgan fingerprint density at radius 1 is 1.23 bits per heavy atom. The lowest BCUT2D eigenvalue weighted by Crippen LogP contribution is -2.39. The molecule has 114 valence electrons. The molecule has 1 atom stereocenters. The predicted octanol–water partition coefficient (Wildman–Crippen LogP) is 2.22. The molecule has 2 amide bonds. The van der Waals surface area contributed by atoms with Crippen LogP contribution in [0.1, 0.15) is 23.5 Å². The molecule has 22 heavy (non-hydrogen) atoms. The molecule has 5 nitrogen and oxygen atoms in total. The van der Waals surface area contributed by atoms with E-state index in [1.807, 2.05) is 47.8 Å². The number of rotatable bonds is 4. The lowest BCUT2D eigenvalue weighted by atomic mass is 10.00. The second-order valence-corrected chi connectivity index (χ2v) is 5.56. The van der Waals surface area contributed by atoms with Crippen molar-refractivity contribution in [2.75, 3.05) is 19.6 Å². The number of hydrogen-bond donors (Lipinski definition) is 1. The zero-order valence-corrected chi connectivity index (χ0v) is 12.5. The van der Waals surface area contributed by atoms with E-state index >= 15 is 0 Å². The summed E-state index contributed by atoms with van der Waals surface area (Å²) in [6.07, 6.45) is 9.03. The minimum atomic E-state index is 0.0282. The Balaban J connectivity index is 1.46. The number of nitrogens with zero attached hydrogens (tertiary/aromatic N) is 3. The van der Waals surface area contributed by atoms with Crippen molar-refractivity contribution in [3.8, 4) is 0 Å². The van der Waals surface area contributed by atoms with Crippen molar-refractivity contribution in [2.45, 2.75) is 18.8 Å². The second kappa shape index (κ2) is 7.02. The zero-order valence-electron chi connectivity index (χ0n) is 12.5. The molecule has 0 aliphatic carbocycles. The van der Waals surface area contributed by atoms with Gasteiger partial charge in [0.2, 0.25) is 0 Å². The highest BCUT2D eigenvalue weighted by Crippen LogP contribution is 2.26. The Morgan fingerprint density at radius 3 is 2.86 bits per heavy atom. The number of carbonyl (C=O) groups is 1. The van der Waals surface area contributed by atoms with Crippen molar-refractivity contribution in [3.05, 3.63) is 60.2 Å². The highest BCUT2D eigenvalue weighted by Gasteiger charge is 2.26. The monoisotopic (exact) mass is 296 g/mol. The molecular weight excluding hydrogens is 276 g/mol. The highest BCUT2D eigenvalue weighted by molar-refractivity contribution is 5.74. The van der Waals surface area contributed by atoms with Gasteiger partial charge < -0.3 is 10.2 Å². The van der Waals surface area contributed by atoms with Gasteiger partial charge in [0, 0.05) is 50.3 Å². The van der Waals surface area contributed by atoms with Gasteiger partial charge in [0.15, 0.2) is 0 Å². The normalized spacial score (nSPS) is 17.5. The average Bonchev–Trinajstić information content (AvgIpc) is 3.07. The molecule has 0 spiro atoms. The number of nitrogens with one attached hydrogen (secondary N) is 1. The number of amides is 2. The van der Waals surface area contributed by atoms with Crippen molar-refractivity contribution in [3.63, 3.8) is 0 Å². The first-order valence-corrected chi connectivity index (χ1v) is 7.64. The van der Waals surface area contributed by atoms with Crippen LogP contribution >= 0.6 is 0 Å². The summed E-state index contributed by atoms with van der Waals surface area (Å²) in [5, 5.41) is 2.99. The first kappa shape index (κ1) is 14.5. The van der Waals surface area contributed by atoms with E-state index in [4.69, 9.17) is 0 Å². The predicted molar refractivity (Wildman–Crippen MR) is 84.5 cm³/mol. The van der Waals surface area contributed by atoms with Crippen LogP contribution in [-0.4, -0.2) is 40.5 Å². The van der Waals surface area contributed by atoms with Gasteiger partial charge in [-0.3, -0.25) is 9.97 Å². The molecular formula is C17H20N4O. The molecule has 1 unspecified atom stereocenters. The molecule has 0 radical (unpaired) electrons. The van der Waals surface area contributed by atoms with Crippen LogP contribution in [0.5, 0.6) is 0 Å². The summed E-state index contributed by atoms with van der Waals surface area (Å²) in [5.74, 6) is 0.423. The molecule has 1 aliphatic heterocycles. The average molecular weight is 296 g/mol. The molecule has 2 aromatic heterocycles. The van der Waals surface area contributed by atoms with E-state index in [2.05, 4.69) is 15.3 Å². The topological polar surface area (TPSA) is 58.1 Å². The molecule has 1 aliphatic rings. The van der Waals surface area contributed by atoms with Gasteiger partial charge in [-0.2, -0.15) is 0 Å². The van der Waals surface area contributed by atoms with Crippen LogP contribution in [0.3, 0.4) is 0 Å². The van der Waals surface area contributed by atoms with Crippen molar-refractivity contribution >= 4 is 6.03 Å². The van der Waals surface area contributed by atoms with E-state index in [1.54, 1.807) is 6.20 Å². The summed E-state index contributed by atoms with van der Waals surface area (Å²) in [6, 6.07) is 8.04. The number of likely N-dealkylation sites (tertiary alicyclic amines) is 1. The molecule has 0 saturated carbocycles. The molecule has 3 heterocycles. The molecule has 0 aromatic carbocycles. The van der Waals surface area contributed by atoms with Crippen molar-refractivity contribution in [2.24, 2.45) is 0 Å². The van der Waals surface area contributed by atoms with Crippen LogP contribution in [0, 0.1) is 0 Å². The standard InChI is InChI=1S/C17H20N4O/c22-17(20-10-3-14-2-1-7-19-12-14)21-11-6-16(13-21)15-4-8-18-9-5-15/h1-2,4-5,7-9,12,16H,3,6,10-11,13H2,(H,20,22). The third kappa shape index (κ3) is 3.61. The maximum absolute atomic E-state index is 12.2. The van der Waals surface area contributed by atoms with Crippen molar-refractivity contribution in [1.82, 2.24) is 20.2 Å². The van der Waals surface area contributed by atoms with Gasteiger partial charge in [-0.15, -0.1) is 0 Å². The molecule has 1 saturated heterocycles. The Kier molecular flexibility index (Phi) is 4.63. The Morgan fingerprint density at radius 2 is 2.09 bits per heavy atom. The molecule has 1 fully saturated rings. The van der Waals surface area contributed by atoms with E-state index in [-0.39, 0.29) is 6.03 Å². The van der Waals surface area contributed by atoms with Gasteiger partial charge in [0.05, 0.1) is 0 Å². The fourth-order valence-electron chi connectivity index (χ4n) is 2.82. The molecule has 5 heteroatoms. The number of urea groups is 1. The number of aromatic nitrogens is 2. The van der Waals surface area contributed by atoms with Gasteiger partial charge >= 0.3 is 6.03 Å². The fraction of sp³-hybridized carbons (Fsp3) is 0.353. The number of pyridine rings is 2. The van der Waals surface area contributed by atoms with E-state index in [9.17, 15) is 4.79 Å². The van der Waals surface area contributed by atoms with Crippen LogP contribution in [0.4, 0.5) is 4.79 Å². The Hall–Kier alpha value is -2.43. The van der Waals surface area contributed by atoms with Gasteiger partial charge in [-0.05, 0) is 42.2 Å². The van der Waals surface area contributed by atoms with E-state index in [1.165, 1.54) is 5.56 Å². The van der Waals surface area contributed by atoms with Crippen molar-refractivity contribution in [1.29, 1.82) is 0 Å². The molecule has 3 rings (SSSR count). The van der Waals surface area contributed by atoms with Crippen LogP contribution in [0.15, 0.2) is 49.1 Å². The Labute approximate surface area is 130 Å². The summed E-state index contributed by atoms with van der Waals surface area (Å²) in [7, 11) is 0. The van der Waals surface area contributed by atoms with Crippen LogP contribution in [-0.2, 0) is 6.42 Å². The highest BCUT2D eigenvalue weighted by atomic mass is 16.2. The second-order valence-electron chi connectivity index (χ2n) is 5.56. The molecule has 0 bridgehead atoms. The molecule has 1 N–H and O–H groups in total.